The number of nitrogens with zero attached hydrogens (tertiary/aromatic N) is 2. The van der Waals surface area contributed by atoms with E-state index < -0.39 is 28.6 Å². The Morgan fingerprint density at radius 3 is 2.69 bits per heavy atom. The van der Waals surface area contributed by atoms with E-state index in [-0.39, 0.29) is 21.8 Å². The van der Waals surface area contributed by atoms with E-state index in [1.165, 1.54) is 31.2 Å². The van der Waals surface area contributed by atoms with E-state index in [1.54, 1.807) is 30.3 Å². The van der Waals surface area contributed by atoms with E-state index in [2.05, 4.69) is 14.7 Å². The first-order valence-electron chi connectivity index (χ1n) is 8.49. The molecule has 1 aromatic heterocycles. The van der Waals surface area contributed by atoms with Gasteiger partial charge in [0.2, 0.25) is 10.0 Å². The predicted molar refractivity (Wildman–Crippen MR) is 103 cm³/mol. The molecule has 9 nitrogen and oxygen atoms in total. The quantitative estimate of drug-likeness (QED) is 0.582. The largest absolute Gasteiger partial charge is 0.454 e. The van der Waals surface area contributed by atoms with Crippen LogP contribution in [0.5, 0.6) is 0 Å². The second-order valence-electron chi connectivity index (χ2n) is 6.03. The summed E-state index contributed by atoms with van der Waals surface area (Å²) >= 11 is 0. The van der Waals surface area contributed by atoms with Gasteiger partial charge in [-0.15, -0.1) is 0 Å². The second kappa shape index (κ2) is 8.22. The maximum absolute atomic E-state index is 12.3. The molecule has 2 N–H and O–H groups in total. The molecular formula is C19H16N4O5S. The summed E-state index contributed by atoms with van der Waals surface area (Å²) in [6.45, 7) is 0.856. The number of carbonyl (C=O) groups excluding carboxylic acids is 1. The van der Waals surface area contributed by atoms with Crippen LogP contribution in [-0.2, 0) is 19.6 Å². The molecule has 1 heterocycles. The van der Waals surface area contributed by atoms with Crippen molar-refractivity contribution in [2.75, 3.05) is 6.54 Å². The Kier molecular flexibility index (Phi) is 5.72. The van der Waals surface area contributed by atoms with Gasteiger partial charge in [0.25, 0.3) is 5.56 Å². The van der Waals surface area contributed by atoms with Crippen LogP contribution in [0, 0.1) is 11.3 Å². The molecule has 0 aliphatic heterocycles. The molecule has 0 spiro atoms. The monoisotopic (exact) mass is 412 g/mol. The highest BCUT2D eigenvalue weighted by Crippen LogP contribution is 2.16. The number of ether oxygens (including phenoxy) is 1. The number of fused-ring (bicyclic) bond motifs is 1. The number of aromatic amines is 1. The number of esters is 1. The number of aromatic nitrogens is 2. The summed E-state index contributed by atoms with van der Waals surface area (Å²) in [7, 11) is -4.08. The summed E-state index contributed by atoms with van der Waals surface area (Å²) in [5.41, 5.74) is 0.0324. The summed E-state index contributed by atoms with van der Waals surface area (Å²) in [4.78, 5) is 30.8. The Morgan fingerprint density at radius 2 is 1.93 bits per heavy atom. The fraction of sp³-hybridized carbons (Fsp3) is 0.158. The molecule has 0 saturated heterocycles. The topological polar surface area (TPSA) is 142 Å². The molecule has 3 aromatic rings. The number of hydrogen-bond acceptors (Lipinski definition) is 7. The number of hydrogen-bond donors (Lipinski definition) is 2. The Morgan fingerprint density at radius 1 is 1.24 bits per heavy atom. The van der Waals surface area contributed by atoms with Crippen LogP contribution in [0.4, 0.5) is 0 Å². The first-order chi connectivity index (χ1) is 13.8. The minimum absolute atomic E-state index is 0.0420. The van der Waals surface area contributed by atoms with E-state index in [0.29, 0.717) is 10.9 Å². The van der Waals surface area contributed by atoms with Crippen LogP contribution in [-0.4, -0.2) is 30.9 Å². The molecule has 29 heavy (non-hydrogen) atoms. The van der Waals surface area contributed by atoms with Gasteiger partial charge in [-0.2, -0.15) is 9.98 Å². The zero-order valence-electron chi connectivity index (χ0n) is 15.2. The van der Waals surface area contributed by atoms with Crippen molar-refractivity contribution in [3.05, 3.63) is 70.3 Å². The average molecular weight is 412 g/mol. The number of para-hydroxylation sites is 1. The predicted octanol–water partition coefficient (Wildman–Crippen LogP) is 1.38. The van der Waals surface area contributed by atoms with Gasteiger partial charge < -0.3 is 9.72 Å². The molecule has 0 bridgehead atoms. The highest BCUT2D eigenvalue weighted by molar-refractivity contribution is 7.89. The fourth-order valence-corrected chi connectivity index (χ4v) is 3.74. The van der Waals surface area contributed by atoms with Crippen molar-refractivity contribution in [3.63, 3.8) is 0 Å². The third-order valence-corrected chi connectivity index (χ3v) is 5.49. The number of benzene rings is 2. The third-order valence-electron chi connectivity index (χ3n) is 4.03. The number of carbonyl (C=O) groups is 1. The summed E-state index contributed by atoms with van der Waals surface area (Å²) in [6, 6.07) is 14.1. The second-order valence-corrected chi connectivity index (χ2v) is 7.77. The normalized spacial score (nSPS) is 12.3. The van der Waals surface area contributed by atoms with Crippen molar-refractivity contribution in [3.8, 4) is 6.07 Å². The van der Waals surface area contributed by atoms with Crippen LogP contribution in [0.2, 0.25) is 0 Å². The molecule has 10 heteroatoms. The van der Waals surface area contributed by atoms with Crippen LogP contribution in [0.15, 0.2) is 58.2 Å². The Bertz CT molecular complexity index is 1280. The minimum atomic E-state index is -4.08. The lowest BCUT2D eigenvalue weighted by Gasteiger charge is -2.14. The molecule has 3 rings (SSSR count). The maximum Gasteiger partial charge on any atom is 0.321 e. The molecule has 0 saturated carbocycles. The van der Waals surface area contributed by atoms with Gasteiger partial charge in [0, 0.05) is 0 Å². The molecule has 0 radical (unpaired) electrons. The number of rotatable bonds is 6. The SMILES string of the molecule is C[C@H](OC(=O)CNS(=O)(=O)c1ccccc1C#N)c1nc2ccccc2c(=O)[nH]1. The first-order valence-corrected chi connectivity index (χ1v) is 9.97. The molecule has 0 amide bonds. The molecular weight excluding hydrogens is 396 g/mol. The zero-order chi connectivity index (χ0) is 21.0. The molecule has 148 valence electrons. The molecule has 0 unspecified atom stereocenters. The van der Waals surface area contributed by atoms with Crippen LogP contribution >= 0.6 is 0 Å². The van der Waals surface area contributed by atoms with Crippen molar-refractivity contribution in [2.24, 2.45) is 0 Å². The van der Waals surface area contributed by atoms with Crippen LogP contribution < -0.4 is 10.3 Å². The van der Waals surface area contributed by atoms with E-state index >= 15 is 0 Å². The lowest BCUT2D eigenvalue weighted by atomic mass is 10.2. The Balaban J connectivity index is 1.69. The average Bonchev–Trinajstić information content (AvgIpc) is 2.72. The highest BCUT2D eigenvalue weighted by Gasteiger charge is 2.21. The van der Waals surface area contributed by atoms with Crippen LogP contribution in [0.3, 0.4) is 0 Å². The van der Waals surface area contributed by atoms with Gasteiger partial charge in [-0.25, -0.2) is 13.4 Å². The molecule has 2 aromatic carbocycles. The van der Waals surface area contributed by atoms with Crippen molar-refractivity contribution in [1.82, 2.24) is 14.7 Å². The standard InChI is InChI=1S/C19H16N4O5S/c1-12(18-22-15-8-4-3-7-14(15)19(25)23-18)28-17(24)11-21-29(26,27)16-9-5-2-6-13(16)10-20/h2-9,12,21H,11H2,1H3,(H,22,23,25)/t12-/m0/s1. The van der Waals surface area contributed by atoms with Crippen molar-refractivity contribution in [1.29, 1.82) is 5.26 Å². The van der Waals surface area contributed by atoms with E-state index in [1.807, 2.05) is 0 Å². The molecule has 0 fully saturated rings. The van der Waals surface area contributed by atoms with Crippen LogP contribution in [0.25, 0.3) is 10.9 Å². The first kappa shape index (κ1) is 20.2. The maximum atomic E-state index is 12.3. The van der Waals surface area contributed by atoms with Gasteiger partial charge in [0.1, 0.15) is 12.6 Å². The zero-order valence-corrected chi connectivity index (χ0v) is 16.1. The molecule has 0 aliphatic rings. The highest BCUT2D eigenvalue weighted by atomic mass is 32.2. The van der Waals surface area contributed by atoms with Gasteiger partial charge in [-0.3, -0.25) is 9.59 Å². The van der Waals surface area contributed by atoms with Gasteiger partial charge >= 0.3 is 5.97 Å². The fourth-order valence-electron chi connectivity index (χ4n) is 2.62. The van der Waals surface area contributed by atoms with Gasteiger partial charge in [0.05, 0.1) is 21.4 Å². The lowest BCUT2D eigenvalue weighted by molar-refractivity contribution is -0.147. The Labute approximate surface area is 166 Å². The smallest absolute Gasteiger partial charge is 0.321 e. The van der Waals surface area contributed by atoms with Crippen molar-refractivity contribution < 1.29 is 17.9 Å². The summed E-state index contributed by atoms with van der Waals surface area (Å²) in [5, 5.41) is 9.43. The number of H-pyrrole nitrogens is 1. The van der Waals surface area contributed by atoms with Gasteiger partial charge in [0.15, 0.2) is 11.9 Å². The number of nitrogens with one attached hydrogen (secondary N) is 2. The van der Waals surface area contributed by atoms with E-state index in [4.69, 9.17) is 10.00 Å². The summed E-state index contributed by atoms with van der Waals surface area (Å²) in [5.74, 6) is -0.731. The number of sulfonamides is 1. The van der Waals surface area contributed by atoms with Crippen molar-refractivity contribution >= 4 is 26.9 Å². The van der Waals surface area contributed by atoms with Crippen molar-refractivity contribution in [2.45, 2.75) is 17.9 Å². The van der Waals surface area contributed by atoms with Gasteiger partial charge in [-0.05, 0) is 31.2 Å². The molecule has 0 aliphatic carbocycles. The van der Waals surface area contributed by atoms with E-state index in [9.17, 15) is 18.0 Å². The number of nitriles is 1. The molecule has 1 atom stereocenters. The summed E-state index contributed by atoms with van der Waals surface area (Å²) < 4.78 is 31.9. The lowest BCUT2D eigenvalue weighted by Crippen LogP contribution is -2.32. The van der Waals surface area contributed by atoms with E-state index in [0.717, 1.165) is 0 Å². The minimum Gasteiger partial charge on any atom is -0.454 e. The van der Waals surface area contributed by atoms with Gasteiger partial charge in [-0.1, -0.05) is 24.3 Å². The summed E-state index contributed by atoms with van der Waals surface area (Å²) in [6.07, 6.45) is -0.907. The van der Waals surface area contributed by atoms with Crippen LogP contribution in [0.1, 0.15) is 24.4 Å². The Hall–Kier alpha value is -3.55. The third kappa shape index (κ3) is 4.48.